The van der Waals surface area contributed by atoms with E-state index in [0.717, 1.165) is 12.1 Å². The van der Waals surface area contributed by atoms with Gasteiger partial charge < -0.3 is 16.8 Å². The molecule has 2 aromatic carbocycles. The highest BCUT2D eigenvalue weighted by molar-refractivity contribution is 5.95. The summed E-state index contributed by atoms with van der Waals surface area (Å²) in [5.41, 5.74) is 11.2. The van der Waals surface area contributed by atoms with Crippen LogP contribution in [0.25, 0.3) is 0 Å². The van der Waals surface area contributed by atoms with E-state index in [1.54, 1.807) is 0 Å². The number of hydrogen-bond donors (Lipinski definition) is 3. The minimum Gasteiger partial charge on any atom is -0.397 e. The first-order valence-electron chi connectivity index (χ1n) is 5.91. The van der Waals surface area contributed by atoms with Gasteiger partial charge in [-0.05, 0) is 36.4 Å². The number of nitrogen functional groups attached to an aromatic ring is 1. The fraction of sp³-hybridized carbons (Fsp3) is 0.0714. The molecule has 0 radical (unpaired) electrons. The van der Waals surface area contributed by atoms with Crippen molar-refractivity contribution in [2.24, 2.45) is 5.73 Å². The van der Waals surface area contributed by atoms with Crippen LogP contribution in [0.5, 0.6) is 0 Å². The fourth-order valence-corrected chi connectivity index (χ4v) is 1.76. The molecule has 0 fully saturated rings. The number of benzene rings is 2. The smallest absolute Gasteiger partial charge is 0.397 e. The quantitative estimate of drug-likeness (QED) is 0.761. The monoisotopic (exact) mass is 295 g/mol. The number of amides is 1. The fourth-order valence-electron chi connectivity index (χ4n) is 1.76. The van der Waals surface area contributed by atoms with E-state index in [1.807, 2.05) is 0 Å². The van der Waals surface area contributed by atoms with Gasteiger partial charge in [0.15, 0.2) is 0 Å². The van der Waals surface area contributed by atoms with Gasteiger partial charge in [0, 0.05) is 11.3 Å². The lowest BCUT2D eigenvalue weighted by Crippen LogP contribution is -2.11. The Bertz CT molecular complexity index is 683. The predicted molar refractivity (Wildman–Crippen MR) is 74.1 cm³/mol. The Kier molecular flexibility index (Phi) is 3.75. The maximum atomic E-state index is 12.6. The van der Waals surface area contributed by atoms with E-state index in [0.29, 0.717) is 5.69 Å². The van der Waals surface area contributed by atoms with Crippen LogP contribution in [0.3, 0.4) is 0 Å². The lowest BCUT2D eigenvalue weighted by molar-refractivity contribution is -0.137. The first-order chi connectivity index (χ1) is 9.77. The molecule has 0 saturated carbocycles. The average Bonchev–Trinajstić information content (AvgIpc) is 2.40. The molecule has 0 heterocycles. The Hall–Kier alpha value is -2.70. The van der Waals surface area contributed by atoms with E-state index in [1.165, 1.54) is 30.3 Å². The number of alkyl halides is 3. The van der Waals surface area contributed by atoms with Crippen LogP contribution in [0.4, 0.5) is 30.2 Å². The summed E-state index contributed by atoms with van der Waals surface area (Å²) in [6.45, 7) is 0. The third-order valence-electron chi connectivity index (χ3n) is 2.80. The van der Waals surface area contributed by atoms with Gasteiger partial charge >= 0.3 is 6.18 Å². The molecule has 2 aromatic rings. The van der Waals surface area contributed by atoms with Crippen LogP contribution in [0.2, 0.25) is 0 Å². The highest BCUT2D eigenvalue weighted by Crippen LogP contribution is 2.32. The van der Waals surface area contributed by atoms with Crippen LogP contribution < -0.4 is 16.8 Å². The Balaban J connectivity index is 2.28. The molecule has 110 valence electrons. The lowest BCUT2D eigenvalue weighted by atomic mass is 10.1. The molecule has 0 aliphatic rings. The summed E-state index contributed by atoms with van der Waals surface area (Å²) in [7, 11) is 0. The van der Waals surface area contributed by atoms with E-state index < -0.39 is 17.6 Å². The van der Waals surface area contributed by atoms with Gasteiger partial charge in [-0.15, -0.1) is 0 Å². The van der Waals surface area contributed by atoms with Crippen LogP contribution in [0.15, 0.2) is 42.5 Å². The second-order valence-electron chi connectivity index (χ2n) is 4.37. The van der Waals surface area contributed by atoms with Gasteiger partial charge in [0.25, 0.3) is 0 Å². The number of nitrogens with one attached hydrogen (secondary N) is 1. The summed E-state index contributed by atoms with van der Waals surface area (Å²) < 4.78 is 37.9. The van der Waals surface area contributed by atoms with Crippen molar-refractivity contribution in [2.75, 3.05) is 11.1 Å². The average molecular weight is 295 g/mol. The molecule has 0 bridgehead atoms. The van der Waals surface area contributed by atoms with Crippen molar-refractivity contribution in [1.82, 2.24) is 0 Å². The molecule has 1 amide bonds. The first kappa shape index (κ1) is 14.7. The molecular weight excluding hydrogens is 283 g/mol. The predicted octanol–water partition coefficient (Wildman–Crippen LogP) is 3.13. The Morgan fingerprint density at radius 2 is 1.81 bits per heavy atom. The minimum atomic E-state index is -4.42. The van der Waals surface area contributed by atoms with Crippen LogP contribution in [-0.4, -0.2) is 5.91 Å². The van der Waals surface area contributed by atoms with E-state index >= 15 is 0 Å². The number of carbonyl (C=O) groups excluding carboxylic acids is 1. The number of nitrogens with two attached hydrogens (primary N) is 2. The summed E-state index contributed by atoms with van der Waals surface area (Å²) >= 11 is 0. The molecule has 0 spiro atoms. The van der Waals surface area contributed by atoms with Gasteiger partial charge in [0.05, 0.1) is 16.9 Å². The second-order valence-corrected chi connectivity index (χ2v) is 4.37. The van der Waals surface area contributed by atoms with Gasteiger partial charge in [-0.25, -0.2) is 0 Å². The highest BCUT2D eigenvalue weighted by Gasteiger charge is 2.30. The minimum absolute atomic E-state index is 0.212. The first-order valence-corrected chi connectivity index (χ1v) is 5.91. The molecule has 0 atom stereocenters. The van der Waals surface area contributed by atoms with Crippen molar-refractivity contribution in [3.8, 4) is 0 Å². The molecule has 2 rings (SSSR count). The van der Waals surface area contributed by atoms with Gasteiger partial charge in [0.1, 0.15) is 0 Å². The zero-order chi connectivity index (χ0) is 15.6. The molecule has 21 heavy (non-hydrogen) atoms. The molecular formula is C14H12F3N3O. The van der Waals surface area contributed by atoms with Crippen LogP contribution in [0.1, 0.15) is 15.9 Å². The second kappa shape index (κ2) is 5.35. The van der Waals surface area contributed by atoms with Crippen LogP contribution in [-0.2, 0) is 6.18 Å². The van der Waals surface area contributed by atoms with E-state index in [2.05, 4.69) is 5.32 Å². The molecule has 0 unspecified atom stereocenters. The topological polar surface area (TPSA) is 81.1 Å². The van der Waals surface area contributed by atoms with Gasteiger partial charge in [0.2, 0.25) is 5.91 Å². The molecule has 5 N–H and O–H groups in total. The van der Waals surface area contributed by atoms with Crippen molar-refractivity contribution in [3.05, 3.63) is 53.6 Å². The largest absolute Gasteiger partial charge is 0.416 e. The Morgan fingerprint density at radius 3 is 2.38 bits per heavy atom. The van der Waals surface area contributed by atoms with Crippen molar-refractivity contribution < 1.29 is 18.0 Å². The van der Waals surface area contributed by atoms with E-state index in [9.17, 15) is 18.0 Å². The van der Waals surface area contributed by atoms with Crippen molar-refractivity contribution in [3.63, 3.8) is 0 Å². The summed E-state index contributed by atoms with van der Waals surface area (Å²) in [6, 6.07) is 9.00. The van der Waals surface area contributed by atoms with E-state index in [-0.39, 0.29) is 16.9 Å². The number of anilines is 3. The van der Waals surface area contributed by atoms with Gasteiger partial charge in [-0.3, -0.25) is 4.79 Å². The Morgan fingerprint density at radius 1 is 1.10 bits per heavy atom. The third kappa shape index (κ3) is 3.44. The van der Waals surface area contributed by atoms with Crippen molar-refractivity contribution in [2.45, 2.75) is 6.18 Å². The van der Waals surface area contributed by atoms with E-state index in [4.69, 9.17) is 11.5 Å². The number of rotatable bonds is 3. The molecule has 0 saturated heterocycles. The molecule has 0 aromatic heterocycles. The maximum Gasteiger partial charge on any atom is 0.416 e. The highest BCUT2D eigenvalue weighted by atomic mass is 19.4. The standard InChI is InChI=1S/C14H12F3N3O/c15-14(16,17)9-2-1-3-10(7-9)20-12-5-4-8(13(19)21)6-11(12)18/h1-7,20H,18H2,(H2,19,21). The van der Waals surface area contributed by atoms with Gasteiger partial charge in [-0.2, -0.15) is 13.2 Å². The number of halogens is 3. The number of carbonyl (C=O) groups is 1. The summed E-state index contributed by atoms with van der Waals surface area (Å²) in [4.78, 5) is 11.0. The SMILES string of the molecule is NC(=O)c1ccc(Nc2cccc(C(F)(F)F)c2)c(N)c1. The third-order valence-corrected chi connectivity index (χ3v) is 2.80. The van der Waals surface area contributed by atoms with Crippen LogP contribution in [0, 0.1) is 0 Å². The summed E-state index contributed by atoms with van der Waals surface area (Å²) in [5, 5.41) is 2.77. The summed E-state index contributed by atoms with van der Waals surface area (Å²) in [5.74, 6) is -0.632. The zero-order valence-corrected chi connectivity index (χ0v) is 10.7. The molecule has 7 heteroatoms. The van der Waals surface area contributed by atoms with Crippen molar-refractivity contribution in [1.29, 1.82) is 0 Å². The normalized spacial score (nSPS) is 11.2. The molecule has 0 aliphatic carbocycles. The summed E-state index contributed by atoms with van der Waals surface area (Å²) in [6.07, 6.45) is -4.42. The zero-order valence-electron chi connectivity index (χ0n) is 10.7. The van der Waals surface area contributed by atoms with Crippen molar-refractivity contribution >= 4 is 23.0 Å². The molecule has 4 nitrogen and oxygen atoms in total. The van der Waals surface area contributed by atoms with Crippen LogP contribution >= 0.6 is 0 Å². The number of primary amides is 1. The van der Waals surface area contributed by atoms with Gasteiger partial charge in [-0.1, -0.05) is 6.07 Å². The maximum absolute atomic E-state index is 12.6. The molecule has 0 aliphatic heterocycles. The lowest BCUT2D eigenvalue weighted by Gasteiger charge is -2.12. The Labute approximate surface area is 118 Å². The number of hydrogen-bond acceptors (Lipinski definition) is 3.